The third-order valence-electron chi connectivity index (χ3n) is 6.80. The van der Waals surface area contributed by atoms with Gasteiger partial charge in [-0.05, 0) is 48.9 Å². The summed E-state index contributed by atoms with van der Waals surface area (Å²) in [5, 5.41) is 0. The molecule has 38 heavy (non-hydrogen) atoms. The number of anilines is 1. The number of benzene rings is 3. The topological polar surface area (TPSA) is 28.5 Å². The average molecular weight is 526 g/mol. The first-order valence-corrected chi connectivity index (χ1v) is 12.1. The van der Waals surface area contributed by atoms with Crippen LogP contribution in [-0.2, 0) is 6.18 Å². The van der Waals surface area contributed by atoms with Gasteiger partial charge in [0.15, 0.2) is 0 Å². The Balaban J connectivity index is 1.43. The molecule has 1 aliphatic heterocycles. The molecular weight excluding hydrogens is 501 g/mol. The largest absolute Gasteiger partial charge is 0.416 e. The van der Waals surface area contributed by atoms with Crippen molar-refractivity contribution in [2.75, 3.05) is 31.1 Å². The Bertz CT molecular complexity index is 1470. The molecule has 3 aromatic carbocycles. The molecule has 0 aliphatic carbocycles. The van der Waals surface area contributed by atoms with Crippen LogP contribution in [0.4, 0.5) is 27.6 Å². The van der Waals surface area contributed by atoms with Crippen molar-refractivity contribution in [1.29, 1.82) is 0 Å². The number of aromatic nitrogens is 1. The fourth-order valence-electron chi connectivity index (χ4n) is 4.83. The third-order valence-corrected chi connectivity index (χ3v) is 6.80. The first-order valence-electron chi connectivity index (χ1n) is 12.1. The van der Waals surface area contributed by atoms with E-state index in [4.69, 9.17) is 0 Å². The summed E-state index contributed by atoms with van der Waals surface area (Å²) >= 11 is 0. The van der Waals surface area contributed by atoms with Gasteiger partial charge in [-0.1, -0.05) is 36.4 Å². The van der Waals surface area contributed by atoms with Crippen LogP contribution >= 0.6 is 0 Å². The third kappa shape index (κ3) is 4.88. The molecule has 4 nitrogen and oxygen atoms in total. The van der Waals surface area contributed by atoms with Crippen molar-refractivity contribution >= 4 is 11.6 Å². The Morgan fingerprint density at radius 2 is 1.53 bits per heavy atom. The van der Waals surface area contributed by atoms with E-state index in [1.165, 1.54) is 18.2 Å². The van der Waals surface area contributed by atoms with Crippen molar-refractivity contribution in [3.63, 3.8) is 0 Å². The molecule has 0 atom stereocenters. The summed E-state index contributed by atoms with van der Waals surface area (Å²) in [6.45, 7) is 3.06. The minimum absolute atomic E-state index is 0.121. The first-order chi connectivity index (χ1) is 18.1. The molecule has 1 amide bonds. The molecule has 1 saturated heterocycles. The van der Waals surface area contributed by atoms with Gasteiger partial charge in [-0.15, -0.1) is 0 Å². The Morgan fingerprint density at radius 1 is 0.816 bits per heavy atom. The zero-order chi connectivity index (χ0) is 27.0. The highest BCUT2D eigenvalue weighted by Gasteiger charge is 2.32. The number of alkyl halides is 3. The van der Waals surface area contributed by atoms with E-state index in [1.54, 1.807) is 28.5 Å². The Labute approximate surface area is 216 Å². The lowest BCUT2D eigenvalue weighted by Gasteiger charge is -2.36. The van der Waals surface area contributed by atoms with Gasteiger partial charge in [-0.2, -0.15) is 13.2 Å². The second kappa shape index (κ2) is 9.96. The summed E-state index contributed by atoms with van der Waals surface area (Å²) in [6, 6.07) is 19.4. The van der Waals surface area contributed by atoms with E-state index in [0.717, 1.165) is 23.8 Å². The molecule has 4 aromatic rings. The molecule has 5 rings (SSSR count). The molecular formula is C29H24F5N3O. The van der Waals surface area contributed by atoms with Crippen molar-refractivity contribution in [2.24, 2.45) is 0 Å². The SMILES string of the molecule is Cc1c(C(=O)N2CCN(c3cccc(C(F)(F)F)c3)CC2)cc(-c2ccccc2)n1-c1ccc(F)cc1F. The maximum Gasteiger partial charge on any atom is 0.416 e. The van der Waals surface area contributed by atoms with Gasteiger partial charge in [0.2, 0.25) is 0 Å². The highest BCUT2D eigenvalue weighted by Crippen LogP contribution is 2.33. The van der Waals surface area contributed by atoms with Crippen molar-refractivity contribution in [1.82, 2.24) is 9.47 Å². The highest BCUT2D eigenvalue weighted by molar-refractivity contribution is 5.97. The highest BCUT2D eigenvalue weighted by atomic mass is 19.4. The van der Waals surface area contributed by atoms with Gasteiger partial charge in [-0.25, -0.2) is 8.78 Å². The maximum atomic E-state index is 14.9. The number of amides is 1. The number of carbonyl (C=O) groups is 1. The molecule has 0 spiro atoms. The number of halogens is 5. The van der Waals surface area contributed by atoms with Crippen molar-refractivity contribution < 1.29 is 26.7 Å². The lowest BCUT2D eigenvalue weighted by molar-refractivity contribution is -0.137. The van der Waals surface area contributed by atoms with E-state index in [0.29, 0.717) is 48.8 Å². The Morgan fingerprint density at radius 3 is 2.18 bits per heavy atom. The Hall–Kier alpha value is -4.14. The molecule has 0 radical (unpaired) electrons. The lowest BCUT2D eigenvalue weighted by Crippen LogP contribution is -2.49. The fraction of sp³-hybridized carbons (Fsp3) is 0.207. The second-order valence-electron chi connectivity index (χ2n) is 9.15. The Kier molecular flexibility index (Phi) is 6.69. The zero-order valence-electron chi connectivity index (χ0n) is 20.5. The summed E-state index contributed by atoms with van der Waals surface area (Å²) in [4.78, 5) is 17.1. The van der Waals surface area contributed by atoms with E-state index < -0.39 is 23.4 Å². The van der Waals surface area contributed by atoms with Crippen molar-refractivity contribution in [3.05, 3.63) is 107 Å². The molecule has 1 fully saturated rings. The van der Waals surface area contributed by atoms with E-state index in [2.05, 4.69) is 0 Å². The van der Waals surface area contributed by atoms with Gasteiger partial charge in [0.1, 0.15) is 11.6 Å². The van der Waals surface area contributed by atoms with Gasteiger partial charge in [-0.3, -0.25) is 4.79 Å². The molecule has 0 saturated carbocycles. The number of rotatable bonds is 4. The smallest absolute Gasteiger partial charge is 0.368 e. The maximum absolute atomic E-state index is 14.9. The van der Waals surface area contributed by atoms with Gasteiger partial charge in [0.05, 0.1) is 22.5 Å². The zero-order valence-corrected chi connectivity index (χ0v) is 20.5. The average Bonchev–Trinajstić information content (AvgIpc) is 3.25. The standard InChI is InChI=1S/C29H24F5N3O/c1-19-24(18-27(20-6-3-2-4-7-20)37(19)26-11-10-22(30)17-25(26)31)28(38)36-14-12-35(13-15-36)23-9-5-8-21(16-23)29(32,33)34/h2-11,16-18H,12-15H2,1H3. The summed E-state index contributed by atoms with van der Waals surface area (Å²) < 4.78 is 69.5. The molecule has 2 heterocycles. The minimum Gasteiger partial charge on any atom is -0.368 e. The van der Waals surface area contributed by atoms with Crippen LogP contribution in [0.5, 0.6) is 0 Å². The van der Waals surface area contributed by atoms with Crippen LogP contribution in [0.25, 0.3) is 16.9 Å². The molecule has 0 unspecified atom stereocenters. The molecule has 0 N–H and O–H groups in total. The van der Waals surface area contributed by atoms with Crippen LogP contribution < -0.4 is 4.90 Å². The number of piperazine rings is 1. The van der Waals surface area contributed by atoms with Crippen LogP contribution in [0, 0.1) is 18.6 Å². The number of nitrogens with zero attached hydrogens (tertiary/aromatic N) is 3. The summed E-state index contributed by atoms with van der Waals surface area (Å²) in [7, 11) is 0. The summed E-state index contributed by atoms with van der Waals surface area (Å²) in [5.74, 6) is -1.72. The molecule has 196 valence electrons. The van der Waals surface area contributed by atoms with E-state index >= 15 is 0 Å². The van der Waals surface area contributed by atoms with Crippen LogP contribution in [0.1, 0.15) is 21.6 Å². The summed E-state index contributed by atoms with van der Waals surface area (Å²) in [5.41, 5.74) is 2.07. The van der Waals surface area contributed by atoms with Crippen LogP contribution in [-0.4, -0.2) is 41.6 Å². The van der Waals surface area contributed by atoms with Gasteiger partial charge < -0.3 is 14.4 Å². The fourth-order valence-corrected chi connectivity index (χ4v) is 4.83. The number of carbonyl (C=O) groups excluding carboxylic acids is 1. The monoisotopic (exact) mass is 525 g/mol. The minimum atomic E-state index is -4.43. The molecule has 1 aliphatic rings. The first kappa shape index (κ1) is 25.5. The molecule has 9 heteroatoms. The van der Waals surface area contributed by atoms with Gasteiger partial charge in [0, 0.05) is 43.6 Å². The van der Waals surface area contributed by atoms with E-state index in [1.807, 2.05) is 35.2 Å². The van der Waals surface area contributed by atoms with E-state index in [-0.39, 0.29) is 11.6 Å². The predicted molar refractivity (Wildman–Crippen MR) is 135 cm³/mol. The van der Waals surface area contributed by atoms with Crippen molar-refractivity contribution in [3.8, 4) is 16.9 Å². The van der Waals surface area contributed by atoms with Crippen LogP contribution in [0.3, 0.4) is 0 Å². The van der Waals surface area contributed by atoms with Crippen LogP contribution in [0.2, 0.25) is 0 Å². The number of hydrogen-bond acceptors (Lipinski definition) is 2. The van der Waals surface area contributed by atoms with Gasteiger partial charge >= 0.3 is 6.18 Å². The second-order valence-corrected chi connectivity index (χ2v) is 9.15. The summed E-state index contributed by atoms with van der Waals surface area (Å²) in [6.07, 6.45) is -4.43. The van der Waals surface area contributed by atoms with E-state index in [9.17, 15) is 26.7 Å². The predicted octanol–water partition coefficient (Wildman–Crippen LogP) is 6.71. The van der Waals surface area contributed by atoms with Crippen molar-refractivity contribution in [2.45, 2.75) is 13.1 Å². The normalized spacial score (nSPS) is 14.2. The van der Waals surface area contributed by atoms with Gasteiger partial charge in [0.25, 0.3) is 5.91 Å². The lowest BCUT2D eigenvalue weighted by atomic mass is 10.1. The quantitative estimate of drug-likeness (QED) is 0.277. The molecule has 1 aromatic heterocycles. The number of hydrogen-bond donors (Lipinski definition) is 0. The molecule has 0 bridgehead atoms. The van der Waals surface area contributed by atoms with Crippen LogP contribution in [0.15, 0.2) is 78.9 Å².